The van der Waals surface area contributed by atoms with Gasteiger partial charge in [0.15, 0.2) is 0 Å². The zero-order valence-corrected chi connectivity index (χ0v) is 14.4. The summed E-state index contributed by atoms with van der Waals surface area (Å²) in [5.74, 6) is 0. The first-order valence-electron chi connectivity index (χ1n) is 6.23. The van der Waals surface area contributed by atoms with Crippen molar-refractivity contribution in [3.8, 4) is 0 Å². The molecule has 0 radical (unpaired) electrons. The Balaban J connectivity index is 2.17. The highest BCUT2D eigenvalue weighted by atomic mass is 79.9. The molecular weight excluding hydrogens is 399 g/mol. The molecule has 1 unspecified atom stereocenters. The minimum Gasteiger partial charge on any atom is -0.0843 e. The van der Waals surface area contributed by atoms with E-state index in [2.05, 4.69) is 74.3 Å². The highest BCUT2D eigenvalue weighted by molar-refractivity contribution is 9.10. The average molecular weight is 411 g/mol. The van der Waals surface area contributed by atoms with E-state index in [1.54, 1.807) is 0 Å². The first kappa shape index (κ1) is 14.1. The lowest BCUT2D eigenvalue weighted by Gasteiger charge is -2.15. The van der Waals surface area contributed by atoms with Crippen LogP contribution in [0.4, 0.5) is 0 Å². The summed E-state index contributed by atoms with van der Waals surface area (Å²) in [6.45, 7) is 0. The zero-order chi connectivity index (χ0) is 14.1. The lowest BCUT2D eigenvalue weighted by atomic mass is 9.98. The minimum absolute atomic E-state index is 0.124. The third-order valence-electron chi connectivity index (χ3n) is 3.32. The summed E-state index contributed by atoms with van der Waals surface area (Å²) in [4.78, 5) is 0.124. The van der Waals surface area contributed by atoms with E-state index in [1.165, 1.54) is 16.3 Å². The van der Waals surface area contributed by atoms with Crippen molar-refractivity contribution < 1.29 is 0 Å². The second-order valence-corrected chi connectivity index (χ2v) is 6.81. The molecule has 100 valence electrons. The molecule has 0 spiro atoms. The van der Waals surface area contributed by atoms with Crippen molar-refractivity contribution in [3.05, 3.63) is 81.3 Å². The quantitative estimate of drug-likeness (QED) is 0.410. The van der Waals surface area contributed by atoms with Gasteiger partial charge in [-0.1, -0.05) is 85.9 Å². The zero-order valence-electron chi connectivity index (χ0n) is 10.5. The van der Waals surface area contributed by atoms with Crippen molar-refractivity contribution in [1.29, 1.82) is 0 Å². The maximum Gasteiger partial charge on any atom is 0.0651 e. The molecule has 3 aromatic rings. The van der Waals surface area contributed by atoms with Crippen molar-refractivity contribution in [2.24, 2.45) is 0 Å². The Morgan fingerprint density at radius 3 is 2.35 bits per heavy atom. The van der Waals surface area contributed by atoms with Crippen molar-refractivity contribution in [2.45, 2.75) is 4.83 Å². The molecule has 0 saturated carbocycles. The normalized spacial score (nSPS) is 12.6. The molecule has 3 rings (SSSR count). The Bertz CT molecular complexity index is 768. The summed E-state index contributed by atoms with van der Waals surface area (Å²) < 4.78 is 1.11. The van der Waals surface area contributed by atoms with E-state index in [4.69, 9.17) is 11.6 Å². The number of rotatable bonds is 2. The number of halogens is 3. The van der Waals surface area contributed by atoms with E-state index < -0.39 is 0 Å². The van der Waals surface area contributed by atoms with Crippen LogP contribution in [0.15, 0.2) is 65.1 Å². The van der Waals surface area contributed by atoms with Crippen LogP contribution in [0, 0.1) is 0 Å². The smallest absolute Gasteiger partial charge is 0.0651 e. The molecule has 0 aliphatic heterocycles. The fourth-order valence-corrected chi connectivity index (χ4v) is 3.71. The number of hydrogen-bond donors (Lipinski definition) is 0. The Kier molecular flexibility index (Phi) is 4.16. The van der Waals surface area contributed by atoms with Gasteiger partial charge >= 0.3 is 0 Å². The van der Waals surface area contributed by atoms with Gasteiger partial charge < -0.3 is 0 Å². The first-order chi connectivity index (χ1) is 9.66. The maximum absolute atomic E-state index is 6.09. The van der Waals surface area contributed by atoms with Crippen LogP contribution in [-0.4, -0.2) is 0 Å². The topological polar surface area (TPSA) is 0 Å². The van der Waals surface area contributed by atoms with Crippen LogP contribution in [0.2, 0.25) is 5.02 Å². The molecule has 0 aliphatic rings. The van der Waals surface area contributed by atoms with Gasteiger partial charge in [-0.2, -0.15) is 0 Å². The van der Waals surface area contributed by atoms with Crippen LogP contribution in [0.3, 0.4) is 0 Å². The van der Waals surface area contributed by atoms with Crippen LogP contribution in [0.5, 0.6) is 0 Å². The molecule has 0 nitrogen and oxygen atoms in total. The van der Waals surface area contributed by atoms with Gasteiger partial charge in [0.1, 0.15) is 0 Å². The fourth-order valence-electron chi connectivity index (χ4n) is 2.35. The van der Waals surface area contributed by atoms with Crippen LogP contribution in [0.25, 0.3) is 10.8 Å². The minimum atomic E-state index is 0.124. The van der Waals surface area contributed by atoms with E-state index in [-0.39, 0.29) is 4.83 Å². The third kappa shape index (κ3) is 2.65. The summed E-state index contributed by atoms with van der Waals surface area (Å²) in [5.41, 5.74) is 2.40. The Morgan fingerprint density at radius 2 is 1.60 bits per heavy atom. The van der Waals surface area contributed by atoms with Gasteiger partial charge in [0, 0.05) is 9.50 Å². The number of hydrogen-bond acceptors (Lipinski definition) is 0. The van der Waals surface area contributed by atoms with Crippen LogP contribution >= 0.6 is 43.5 Å². The standard InChI is InChI=1S/C17H11Br2Cl/c18-16-9-8-15(13-6-1-2-7-14(13)16)17(19)11-4-3-5-12(20)10-11/h1-10,17H. The molecular formula is C17H11Br2Cl. The summed E-state index contributed by atoms with van der Waals surface area (Å²) >= 11 is 13.5. The summed E-state index contributed by atoms with van der Waals surface area (Å²) in [6, 6.07) is 20.6. The van der Waals surface area contributed by atoms with Crippen LogP contribution in [-0.2, 0) is 0 Å². The summed E-state index contributed by atoms with van der Waals surface area (Å²) in [7, 11) is 0. The molecule has 1 atom stereocenters. The Hall–Kier alpha value is -0.830. The number of alkyl halides is 1. The molecule has 0 bridgehead atoms. The molecule has 0 aromatic heterocycles. The fraction of sp³-hybridized carbons (Fsp3) is 0.0588. The Labute approximate surface area is 140 Å². The van der Waals surface area contributed by atoms with Gasteiger partial charge in [-0.25, -0.2) is 0 Å². The van der Waals surface area contributed by atoms with E-state index in [0.717, 1.165) is 15.1 Å². The Morgan fingerprint density at radius 1 is 0.850 bits per heavy atom. The predicted molar refractivity (Wildman–Crippen MR) is 93.9 cm³/mol. The predicted octanol–water partition coefficient (Wildman–Crippen LogP) is 6.74. The van der Waals surface area contributed by atoms with Crippen LogP contribution in [0.1, 0.15) is 16.0 Å². The van der Waals surface area contributed by atoms with Crippen molar-refractivity contribution >= 4 is 54.2 Å². The van der Waals surface area contributed by atoms with Gasteiger partial charge in [-0.15, -0.1) is 0 Å². The molecule has 0 N–H and O–H groups in total. The van der Waals surface area contributed by atoms with Gasteiger partial charge in [0.05, 0.1) is 4.83 Å². The second kappa shape index (κ2) is 5.88. The highest BCUT2D eigenvalue weighted by Crippen LogP contribution is 2.38. The number of benzene rings is 3. The van der Waals surface area contributed by atoms with E-state index in [0.29, 0.717) is 0 Å². The van der Waals surface area contributed by atoms with Crippen molar-refractivity contribution in [3.63, 3.8) is 0 Å². The van der Waals surface area contributed by atoms with Gasteiger partial charge in [0.25, 0.3) is 0 Å². The summed E-state index contributed by atoms with van der Waals surface area (Å²) in [6.07, 6.45) is 0. The molecule has 20 heavy (non-hydrogen) atoms. The molecule has 0 heterocycles. The molecule has 0 aliphatic carbocycles. The van der Waals surface area contributed by atoms with Crippen LogP contribution < -0.4 is 0 Å². The van der Waals surface area contributed by atoms with Gasteiger partial charge in [-0.05, 0) is 40.1 Å². The lowest BCUT2D eigenvalue weighted by Crippen LogP contribution is -1.94. The lowest BCUT2D eigenvalue weighted by molar-refractivity contribution is 1.20. The maximum atomic E-state index is 6.09. The number of fused-ring (bicyclic) bond motifs is 1. The van der Waals surface area contributed by atoms with Crippen molar-refractivity contribution in [1.82, 2.24) is 0 Å². The molecule has 3 aromatic carbocycles. The SMILES string of the molecule is Clc1cccc(C(Br)c2ccc(Br)c3ccccc23)c1. The third-order valence-corrected chi connectivity index (χ3v) is 5.27. The summed E-state index contributed by atoms with van der Waals surface area (Å²) in [5, 5.41) is 3.22. The van der Waals surface area contributed by atoms with E-state index >= 15 is 0 Å². The molecule has 0 fully saturated rings. The van der Waals surface area contributed by atoms with Gasteiger partial charge in [-0.3, -0.25) is 0 Å². The largest absolute Gasteiger partial charge is 0.0843 e. The highest BCUT2D eigenvalue weighted by Gasteiger charge is 2.14. The average Bonchev–Trinajstić information content (AvgIpc) is 2.47. The second-order valence-electron chi connectivity index (χ2n) is 4.60. The van der Waals surface area contributed by atoms with Crippen molar-refractivity contribution in [2.75, 3.05) is 0 Å². The monoisotopic (exact) mass is 408 g/mol. The first-order valence-corrected chi connectivity index (χ1v) is 8.32. The molecule has 3 heteroatoms. The molecule has 0 saturated heterocycles. The molecule has 0 amide bonds. The van der Waals surface area contributed by atoms with Gasteiger partial charge in [0.2, 0.25) is 0 Å². The van der Waals surface area contributed by atoms with E-state index in [1.807, 2.05) is 18.2 Å². The van der Waals surface area contributed by atoms with E-state index in [9.17, 15) is 0 Å².